The Hall–Kier alpha value is -4.74. The van der Waals surface area contributed by atoms with Gasteiger partial charge in [-0.25, -0.2) is 9.07 Å². The second-order valence-electron chi connectivity index (χ2n) is 8.63. The topological polar surface area (TPSA) is 133 Å². The van der Waals surface area contributed by atoms with Crippen molar-refractivity contribution in [2.24, 2.45) is 7.05 Å². The summed E-state index contributed by atoms with van der Waals surface area (Å²) in [7, 11) is 1.71. The van der Waals surface area contributed by atoms with Crippen LogP contribution in [0.4, 0.5) is 16.0 Å². The SMILES string of the molecule is Cn1nc(N)cc1CNC(=O)c1cc(NC(=O)c2cc(-c3ncccc3F)c(Cl)cc2Cl)n(-c2ccccc2)n1. The molecule has 2 amide bonds. The molecular weight excluding hydrogens is 558 g/mol. The van der Waals surface area contributed by atoms with Gasteiger partial charge in [-0.3, -0.25) is 19.3 Å². The molecule has 3 heterocycles. The summed E-state index contributed by atoms with van der Waals surface area (Å²) < 4.78 is 17.4. The number of rotatable bonds is 7. The number of hydrogen-bond donors (Lipinski definition) is 3. The van der Waals surface area contributed by atoms with E-state index in [1.54, 1.807) is 42.1 Å². The van der Waals surface area contributed by atoms with E-state index in [-0.39, 0.29) is 44.9 Å². The first-order valence-corrected chi connectivity index (χ1v) is 12.6. The number of carbonyl (C=O) groups is 2. The maximum Gasteiger partial charge on any atom is 0.272 e. The van der Waals surface area contributed by atoms with Gasteiger partial charge in [0.15, 0.2) is 5.69 Å². The molecule has 10 nitrogen and oxygen atoms in total. The molecule has 0 aliphatic rings. The van der Waals surface area contributed by atoms with Crippen molar-refractivity contribution in [3.8, 4) is 16.9 Å². The Balaban J connectivity index is 1.46. The van der Waals surface area contributed by atoms with Crippen LogP contribution in [-0.4, -0.2) is 36.4 Å². The molecular formula is C27H21Cl2FN8O2. The average Bonchev–Trinajstić information content (AvgIpc) is 3.50. The molecule has 13 heteroatoms. The molecule has 0 fully saturated rings. The van der Waals surface area contributed by atoms with E-state index >= 15 is 0 Å². The highest BCUT2D eigenvalue weighted by Gasteiger charge is 2.22. The van der Waals surface area contributed by atoms with Gasteiger partial charge in [0.25, 0.3) is 11.8 Å². The minimum Gasteiger partial charge on any atom is -0.382 e. The summed E-state index contributed by atoms with van der Waals surface area (Å²) in [6.07, 6.45) is 1.41. The standard InChI is InChI=1S/C27H21Cl2FN8O2/c1-37-16(10-23(31)36-37)14-33-27(40)22-13-24(38(35-22)15-6-3-2-4-7-15)34-26(39)18-11-17(19(28)12-20(18)29)25-21(30)8-5-9-32-25/h2-13H,14H2,1H3,(H2,31,36)(H,33,40)(H,34,39). The van der Waals surface area contributed by atoms with Crippen LogP contribution in [0.2, 0.25) is 10.0 Å². The smallest absolute Gasteiger partial charge is 0.272 e. The Labute approximate surface area is 237 Å². The molecule has 4 N–H and O–H groups in total. The molecule has 5 aromatic rings. The van der Waals surface area contributed by atoms with Gasteiger partial charge >= 0.3 is 0 Å². The van der Waals surface area contributed by atoms with Gasteiger partial charge in [-0.2, -0.15) is 10.2 Å². The third-order valence-corrected chi connectivity index (χ3v) is 6.55. The molecule has 0 aliphatic heterocycles. The van der Waals surface area contributed by atoms with Crippen LogP contribution in [0, 0.1) is 5.82 Å². The number of nitrogen functional groups attached to an aromatic ring is 1. The number of carbonyl (C=O) groups excluding carboxylic acids is 2. The Kier molecular flexibility index (Phi) is 7.50. The van der Waals surface area contributed by atoms with E-state index in [2.05, 4.69) is 25.8 Å². The summed E-state index contributed by atoms with van der Waals surface area (Å²) in [5.74, 6) is -1.19. The second-order valence-corrected chi connectivity index (χ2v) is 9.44. The van der Waals surface area contributed by atoms with Gasteiger partial charge in [0.1, 0.15) is 23.1 Å². The molecule has 0 atom stereocenters. The van der Waals surface area contributed by atoms with Crippen molar-refractivity contribution in [3.05, 3.63) is 106 Å². The number of anilines is 2. The lowest BCUT2D eigenvalue weighted by atomic mass is 10.1. The first-order chi connectivity index (χ1) is 19.2. The number of aryl methyl sites for hydroxylation is 1. The summed E-state index contributed by atoms with van der Waals surface area (Å²) in [4.78, 5) is 30.4. The number of nitrogens with zero attached hydrogens (tertiary/aromatic N) is 5. The molecule has 0 unspecified atom stereocenters. The van der Waals surface area contributed by atoms with Gasteiger partial charge in [0.2, 0.25) is 0 Å². The Morgan fingerprint density at radius 3 is 2.45 bits per heavy atom. The maximum atomic E-state index is 14.4. The van der Waals surface area contributed by atoms with Crippen molar-refractivity contribution in [2.45, 2.75) is 6.54 Å². The predicted molar refractivity (Wildman–Crippen MR) is 150 cm³/mol. The molecule has 0 radical (unpaired) electrons. The van der Waals surface area contributed by atoms with E-state index in [0.29, 0.717) is 17.2 Å². The molecule has 0 aliphatic carbocycles. The van der Waals surface area contributed by atoms with Crippen molar-refractivity contribution in [1.29, 1.82) is 0 Å². The molecule has 2 aromatic carbocycles. The van der Waals surface area contributed by atoms with Crippen LogP contribution in [0.3, 0.4) is 0 Å². The first-order valence-electron chi connectivity index (χ1n) is 11.8. The lowest BCUT2D eigenvalue weighted by Gasteiger charge is -2.12. The van der Waals surface area contributed by atoms with E-state index in [0.717, 1.165) is 0 Å². The quantitative estimate of drug-likeness (QED) is 0.252. The summed E-state index contributed by atoms with van der Waals surface area (Å²) in [5.41, 5.74) is 7.23. The fourth-order valence-electron chi connectivity index (χ4n) is 3.98. The average molecular weight is 579 g/mol. The van der Waals surface area contributed by atoms with E-state index in [4.69, 9.17) is 28.9 Å². The van der Waals surface area contributed by atoms with E-state index in [1.165, 1.54) is 41.2 Å². The van der Waals surface area contributed by atoms with Crippen molar-refractivity contribution < 1.29 is 14.0 Å². The van der Waals surface area contributed by atoms with Crippen molar-refractivity contribution in [3.63, 3.8) is 0 Å². The Morgan fingerprint density at radius 1 is 0.975 bits per heavy atom. The number of para-hydroxylation sites is 1. The van der Waals surface area contributed by atoms with Crippen LogP contribution in [0.15, 0.2) is 72.9 Å². The number of nitrogens with two attached hydrogens (primary N) is 1. The molecule has 0 bridgehead atoms. The molecule has 0 saturated heterocycles. The molecule has 0 spiro atoms. The Bertz CT molecular complexity index is 1740. The van der Waals surface area contributed by atoms with Gasteiger partial charge < -0.3 is 16.4 Å². The van der Waals surface area contributed by atoms with Crippen molar-refractivity contribution in [1.82, 2.24) is 29.9 Å². The number of benzene rings is 2. The zero-order chi connectivity index (χ0) is 28.4. The maximum absolute atomic E-state index is 14.4. The largest absolute Gasteiger partial charge is 0.382 e. The van der Waals surface area contributed by atoms with Crippen molar-refractivity contribution >= 4 is 46.7 Å². The van der Waals surface area contributed by atoms with Gasteiger partial charge in [-0.1, -0.05) is 41.4 Å². The fourth-order valence-corrected chi connectivity index (χ4v) is 4.53. The highest BCUT2D eigenvalue weighted by Crippen LogP contribution is 2.33. The zero-order valence-corrected chi connectivity index (χ0v) is 22.4. The van der Waals surface area contributed by atoms with Crippen LogP contribution in [-0.2, 0) is 13.6 Å². The monoisotopic (exact) mass is 578 g/mol. The minimum absolute atomic E-state index is 0.0201. The minimum atomic E-state index is -0.631. The van der Waals surface area contributed by atoms with Crippen molar-refractivity contribution in [2.75, 3.05) is 11.1 Å². The van der Waals surface area contributed by atoms with Crippen LogP contribution >= 0.6 is 23.2 Å². The van der Waals surface area contributed by atoms with Gasteiger partial charge in [0.05, 0.1) is 33.5 Å². The van der Waals surface area contributed by atoms with Gasteiger partial charge in [-0.05, 0) is 36.4 Å². The summed E-state index contributed by atoms with van der Waals surface area (Å²) in [6, 6.07) is 17.4. The highest BCUT2D eigenvalue weighted by molar-refractivity contribution is 6.38. The normalized spacial score (nSPS) is 10.9. The third kappa shape index (κ3) is 5.51. The lowest BCUT2D eigenvalue weighted by Crippen LogP contribution is -2.24. The van der Waals surface area contributed by atoms with E-state index < -0.39 is 17.6 Å². The lowest BCUT2D eigenvalue weighted by molar-refractivity contribution is 0.0943. The molecule has 5 rings (SSSR count). The second kappa shape index (κ2) is 11.2. The van der Waals surface area contributed by atoms with E-state index in [1.807, 2.05) is 6.07 Å². The highest BCUT2D eigenvalue weighted by atomic mass is 35.5. The summed E-state index contributed by atoms with van der Waals surface area (Å²) >= 11 is 12.7. The summed E-state index contributed by atoms with van der Waals surface area (Å²) in [6.45, 7) is 0.159. The van der Waals surface area contributed by atoms with Crippen LogP contribution in [0.1, 0.15) is 26.5 Å². The number of halogens is 3. The van der Waals surface area contributed by atoms with Crippen LogP contribution in [0.5, 0.6) is 0 Å². The molecule has 3 aromatic heterocycles. The van der Waals surface area contributed by atoms with E-state index in [9.17, 15) is 14.0 Å². The van der Waals surface area contributed by atoms with Crippen LogP contribution < -0.4 is 16.4 Å². The van der Waals surface area contributed by atoms with Crippen LogP contribution in [0.25, 0.3) is 16.9 Å². The summed E-state index contributed by atoms with van der Waals surface area (Å²) in [5, 5.41) is 14.2. The fraction of sp³-hybridized carbons (Fsp3) is 0.0741. The number of hydrogen-bond acceptors (Lipinski definition) is 6. The molecule has 40 heavy (non-hydrogen) atoms. The Morgan fingerprint density at radius 2 is 1.75 bits per heavy atom. The predicted octanol–water partition coefficient (Wildman–Crippen LogP) is 4.88. The zero-order valence-electron chi connectivity index (χ0n) is 20.9. The van der Waals surface area contributed by atoms with Gasteiger partial charge in [0, 0.05) is 30.9 Å². The molecule has 202 valence electrons. The number of pyridine rings is 1. The first kappa shape index (κ1) is 26.9. The number of aromatic nitrogens is 5. The number of nitrogens with one attached hydrogen (secondary N) is 2. The number of amides is 2. The third-order valence-electron chi connectivity index (χ3n) is 5.92. The van der Waals surface area contributed by atoms with Gasteiger partial charge in [-0.15, -0.1) is 0 Å². The molecule has 0 saturated carbocycles.